The van der Waals surface area contributed by atoms with Gasteiger partial charge in [-0.15, -0.1) is 0 Å². The highest BCUT2D eigenvalue weighted by Gasteiger charge is 2.47. The van der Waals surface area contributed by atoms with E-state index in [1.807, 2.05) is 0 Å². The molecule has 20 heavy (non-hydrogen) atoms. The molecule has 1 aliphatic carbocycles. The van der Waals surface area contributed by atoms with E-state index in [0.29, 0.717) is 12.8 Å². The molecule has 0 radical (unpaired) electrons. The fourth-order valence-corrected chi connectivity index (χ4v) is 4.60. The number of sulfone groups is 1. The van der Waals surface area contributed by atoms with Crippen LogP contribution in [0.5, 0.6) is 0 Å². The van der Waals surface area contributed by atoms with Gasteiger partial charge in [0.25, 0.3) is 0 Å². The molecule has 2 fully saturated rings. The lowest BCUT2D eigenvalue weighted by atomic mass is 10.1. The normalized spacial score (nSPS) is 27.9. The van der Waals surface area contributed by atoms with Gasteiger partial charge >= 0.3 is 5.97 Å². The van der Waals surface area contributed by atoms with Crippen LogP contribution in [0, 0.1) is 0 Å². The quantitative estimate of drug-likeness (QED) is 0.810. The van der Waals surface area contributed by atoms with Gasteiger partial charge in [0, 0.05) is 13.0 Å². The van der Waals surface area contributed by atoms with Gasteiger partial charge in [-0.25, -0.2) is 17.6 Å². The summed E-state index contributed by atoms with van der Waals surface area (Å²) in [6.45, 7) is -0.622. The van der Waals surface area contributed by atoms with E-state index >= 15 is 0 Å². The van der Waals surface area contributed by atoms with Crippen LogP contribution in [0.25, 0.3) is 0 Å². The smallest absolute Gasteiger partial charge is 0.343 e. The maximum absolute atomic E-state index is 13.8. The second-order valence-electron chi connectivity index (χ2n) is 5.55. The first kappa shape index (κ1) is 15.2. The summed E-state index contributed by atoms with van der Waals surface area (Å²) in [6.07, 6.45) is 2.52. The number of amides is 1. The standard InChI is InChI=1S/C12H18FNO5S/c13-12(11(16)17)5-6-14(8-12)10(15)7-20(18,19)9-3-1-2-4-9/h9H,1-8H2,(H,16,17)/t12-/m0/s1. The Hall–Kier alpha value is -1.18. The van der Waals surface area contributed by atoms with Crippen LogP contribution in [0.15, 0.2) is 0 Å². The molecule has 1 amide bonds. The molecule has 0 unspecified atom stereocenters. The van der Waals surface area contributed by atoms with E-state index in [-0.39, 0.29) is 13.0 Å². The van der Waals surface area contributed by atoms with Gasteiger partial charge in [0.15, 0.2) is 9.84 Å². The molecular weight excluding hydrogens is 289 g/mol. The Morgan fingerprint density at radius 1 is 1.30 bits per heavy atom. The molecule has 2 rings (SSSR count). The van der Waals surface area contributed by atoms with Crippen molar-refractivity contribution >= 4 is 21.7 Å². The minimum Gasteiger partial charge on any atom is -0.479 e. The molecular formula is C12H18FNO5S. The number of carboxylic acid groups (broad SMARTS) is 1. The lowest BCUT2D eigenvalue weighted by Gasteiger charge is -2.19. The molecule has 1 saturated heterocycles. The summed E-state index contributed by atoms with van der Waals surface area (Å²) >= 11 is 0. The van der Waals surface area contributed by atoms with Crippen molar-refractivity contribution in [1.29, 1.82) is 0 Å². The first-order chi connectivity index (χ1) is 9.24. The zero-order valence-electron chi connectivity index (χ0n) is 11.0. The Bertz CT molecular complexity index is 514. The van der Waals surface area contributed by atoms with Crippen molar-refractivity contribution in [2.45, 2.75) is 43.0 Å². The maximum atomic E-state index is 13.8. The van der Waals surface area contributed by atoms with Crippen LogP contribution < -0.4 is 0 Å². The van der Waals surface area contributed by atoms with Crippen LogP contribution in [0.3, 0.4) is 0 Å². The number of carbonyl (C=O) groups is 2. The zero-order valence-corrected chi connectivity index (χ0v) is 11.9. The number of hydrogen-bond donors (Lipinski definition) is 1. The summed E-state index contributed by atoms with van der Waals surface area (Å²) in [6, 6.07) is 0. The molecule has 0 aromatic rings. The molecule has 0 bridgehead atoms. The minimum atomic E-state index is -3.52. The van der Waals surface area contributed by atoms with Crippen molar-refractivity contribution in [3.05, 3.63) is 0 Å². The van der Waals surface area contributed by atoms with Gasteiger partial charge in [-0.2, -0.15) is 0 Å². The number of nitrogens with zero attached hydrogens (tertiary/aromatic N) is 1. The average Bonchev–Trinajstić information content (AvgIpc) is 2.97. The van der Waals surface area contributed by atoms with Crippen LogP contribution in [0.2, 0.25) is 0 Å². The largest absolute Gasteiger partial charge is 0.479 e. The zero-order chi connectivity index (χ0) is 15.0. The van der Waals surface area contributed by atoms with E-state index in [2.05, 4.69) is 0 Å². The molecule has 2 aliphatic rings. The highest BCUT2D eigenvalue weighted by Crippen LogP contribution is 2.28. The lowest BCUT2D eigenvalue weighted by Crippen LogP contribution is -2.41. The Labute approximate surface area is 116 Å². The Kier molecular flexibility index (Phi) is 4.04. The van der Waals surface area contributed by atoms with Crippen molar-refractivity contribution in [1.82, 2.24) is 4.90 Å². The fourth-order valence-electron chi connectivity index (χ4n) is 2.79. The van der Waals surface area contributed by atoms with Crippen molar-refractivity contribution < 1.29 is 27.5 Å². The first-order valence-corrected chi connectivity index (χ1v) is 8.38. The number of rotatable bonds is 4. The van der Waals surface area contributed by atoms with Crippen molar-refractivity contribution in [3.63, 3.8) is 0 Å². The van der Waals surface area contributed by atoms with Crippen molar-refractivity contribution in [3.8, 4) is 0 Å². The summed E-state index contributed by atoms with van der Waals surface area (Å²) in [5, 5.41) is 8.26. The first-order valence-electron chi connectivity index (χ1n) is 6.66. The van der Waals surface area contributed by atoms with Gasteiger partial charge in [0.1, 0.15) is 5.75 Å². The third kappa shape index (κ3) is 2.94. The maximum Gasteiger partial charge on any atom is 0.343 e. The van der Waals surface area contributed by atoms with E-state index < -0.39 is 44.9 Å². The Balaban J connectivity index is 1.98. The van der Waals surface area contributed by atoms with Gasteiger partial charge < -0.3 is 10.0 Å². The summed E-state index contributed by atoms with van der Waals surface area (Å²) < 4.78 is 37.9. The lowest BCUT2D eigenvalue weighted by molar-refractivity contribution is -0.150. The molecule has 0 aromatic heterocycles. The third-order valence-corrected chi connectivity index (χ3v) is 6.23. The Morgan fingerprint density at radius 2 is 1.90 bits per heavy atom. The predicted octanol–water partition coefficient (Wildman–Crippen LogP) is 0.369. The average molecular weight is 307 g/mol. The molecule has 0 spiro atoms. The monoisotopic (exact) mass is 307 g/mol. The molecule has 1 atom stereocenters. The summed E-state index contributed by atoms with van der Waals surface area (Å²) in [5.74, 6) is -2.95. The molecule has 0 aromatic carbocycles. The molecule has 1 heterocycles. The van der Waals surface area contributed by atoms with Crippen LogP contribution in [-0.4, -0.2) is 60.1 Å². The number of halogens is 1. The van der Waals surface area contributed by atoms with Crippen LogP contribution in [0.4, 0.5) is 4.39 Å². The van der Waals surface area contributed by atoms with Crippen molar-refractivity contribution in [2.24, 2.45) is 0 Å². The summed E-state index contributed by atoms with van der Waals surface area (Å²) in [7, 11) is -3.52. The second kappa shape index (κ2) is 5.31. The number of hydrogen-bond acceptors (Lipinski definition) is 4. The van der Waals surface area contributed by atoms with Crippen LogP contribution in [0.1, 0.15) is 32.1 Å². The molecule has 1 aliphatic heterocycles. The number of carbonyl (C=O) groups excluding carboxylic acids is 1. The van der Waals surface area contributed by atoms with Gasteiger partial charge in [0.2, 0.25) is 11.6 Å². The third-order valence-electron chi connectivity index (χ3n) is 4.09. The van der Waals surface area contributed by atoms with E-state index in [4.69, 9.17) is 5.11 Å². The number of alkyl halides is 1. The van der Waals surface area contributed by atoms with Gasteiger partial charge in [0.05, 0.1) is 11.8 Å². The molecule has 1 N–H and O–H groups in total. The van der Waals surface area contributed by atoms with E-state index in [0.717, 1.165) is 17.7 Å². The molecule has 8 heteroatoms. The second-order valence-corrected chi connectivity index (χ2v) is 7.83. The highest BCUT2D eigenvalue weighted by molar-refractivity contribution is 7.92. The predicted molar refractivity (Wildman–Crippen MR) is 68.7 cm³/mol. The topological polar surface area (TPSA) is 91.8 Å². The van der Waals surface area contributed by atoms with Gasteiger partial charge in [-0.05, 0) is 12.8 Å². The van der Waals surface area contributed by atoms with Gasteiger partial charge in [-0.3, -0.25) is 4.79 Å². The van der Waals surface area contributed by atoms with Crippen LogP contribution >= 0.6 is 0 Å². The van der Waals surface area contributed by atoms with E-state index in [9.17, 15) is 22.4 Å². The van der Waals surface area contributed by atoms with E-state index in [1.54, 1.807) is 0 Å². The van der Waals surface area contributed by atoms with Crippen LogP contribution in [-0.2, 0) is 19.4 Å². The fraction of sp³-hybridized carbons (Fsp3) is 0.833. The highest BCUT2D eigenvalue weighted by atomic mass is 32.2. The van der Waals surface area contributed by atoms with Crippen molar-refractivity contribution in [2.75, 3.05) is 18.8 Å². The molecule has 6 nitrogen and oxygen atoms in total. The number of aliphatic carboxylic acids is 1. The Morgan fingerprint density at radius 3 is 2.40 bits per heavy atom. The van der Waals surface area contributed by atoms with Gasteiger partial charge in [-0.1, -0.05) is 12.8 Å². The summed E-state index contributed by atoms with van der Waals surface area (Å²) in [5.41, 5.74) is -2.45. The number of carboxylic acids is 1. The SMILES string of the molecule is O=C(CS(=O)(=O)C1CCCC1)N1CC[C@@](F)(C(=O)O)C1. The minimum absolute atomic E-state index is 0.0537. The summed E-state index contributed by atoms with van der Waals surface area (Å²) in [4.78, 5) is 23.7. The molecule has 1 saturated carbocycles. The molecule has 114 valence electrons. The number of likely N-dealkylation sites (tertiary alicyclic amines) is 1. The van der Waals surface area contributed by atoms with E-state index in [1.165, 1.54) is 0 Å².